The van der Waals surface area contributed by atoms with Crippen LogP contribution in [0.5, 0.6) is 5.75 Å². The monoisotopic (exact) mass is 184 g/mol. The number of hydrogen-bond acceptors (Lipinski definition) is 3. The minimum Gasteiger partial charge on any atom is -0.437 e. The zero-order valence-electron chi connectivity index (χ0n) is 7.33. The molecule has 0 aliphatic rings. The number of carbonyl (C=O) groups is 1. The summed E-state index contributed by atoms with van der Waals surface area (Å²) in [6.45, 7) is 1.58. The summed E-state index contributed by atoms with van der Waals surface area (Å²) in [7, 11) is 1.21. The highest BCUT2D eigenvalue weighted by atomic mass is 19.1. The Morgan fingerprint density at radius 2 is 2.15 bits per heavy atom. The second kappa shape index (κ2) is 3.89. The van der Waals surface area contributed by atoms with Crippen LogP contribution in [0.1, 0.15) is 5.56 Å². The van der Waals surface area contributed by atoms with E-state index in [1.165, 1.54) is 25.3 Å². The van der Waals surface area contributed by atoms with Crippen LogP contribution in [0.25, 0.3) is 0 Å². The van der Waals surface area contributed by atoms with Crippen LogP contribution in [0.3, 0.4) is 0 Å². The van der Waals surface area contributed by atoms with Crippen LogP contribution in [0.4, 0.5) is 9.18 Å². The Hall–Kier alpha value is -1.58. The summed E-state index contributed by atoms with van der Waals surface area (Å²) in [4.78, 5) is 10.6. The molecule has 0 atom stereocenters. The Labute approximate surface area is 75.1 Å². The maximum absolute atomic E-state index is 12.7. The lowest BCUT2D eigenvalue weighted by Crippen LogP contribution is -2.07. The van der Waals surface area contributed by atoms with Gasteiger partial charge in [-0.1, -0.05) is 0 Å². The first kappa shape index (κ1) is 9.51. The number of halogens is 1. The van der Waals surface area contributed by atoms with Crippen LogP contribution in [-0.2, 0) is 4.74 Å². The molecule has 3 nitrogen and oxygen atoms in total. The fourth-order valence-electron chi connectivity index (χ4n) is 0.819. The predicted octanol–water partition coefficient (Wildman–Crippen LogP) is 2.28. The van der Waals surface area contributed by atoms with Gasteiger partial charge in [0, 0.05) is 0 Å². The Morgan fingerprint density at radius 3 is 2.69 bits per heavy atom. The molecule has 1 rings (SSSR count). The maximum atomic E-state index is 12.7. The third kappa shape index (κ3) is 2.43. The highest BCUT2D eigenvalue weighted by Gasteiger charge is 2.04. The Morgan fingerprint density at radius 1 is 1.46 bits per heavy atom. The van der Waals surface area contributed by atoms with Crippen molar-refractivity contribution in [2.45, 2.75) is 6.92 Å². The summed E-state index contributed by atoms with van der Waals surface area (Å²) >= 11 is 0. The molecule has 1 aromatic rings. The summed E-state index contributed by atoms with van der Waals surface area (Å²) in [6.07, 6.45) is -0.814. The van der Waals surface area contributed by atoms with Gasteiger partial charge in [-0.2, -0.15) is 0 Å². The summed E-state index contributed by atoms with van der Waals surface area (Å²) in [5.41, 5.74) is 0.418. The van der Waals surface area contributed by atoms with Gasteiger partial charge in [0.2, 0.25) is 0 Å². The van der Waals surface area contributed by atoms with Crippen molar-refractivity contribution in [1.29, 1.82) is 0 Å². The largest absolute Gasteiger partial charge is 0.513 e. The lowest BCUT2D eigenvalue weighted by atomic mass is 10.2. The van der Waals surface area contributed by atoms with Gasteiger partial charge >= 0.3 is 6.16 Å². The van der Waals surface area contributed by atoms with Crippen molar-refractivity contribution in [3.63, 3.8) is 0 Å². The molecule has 70 valence electrons. The third-order valence-corrected chi connectivity index (χ3v) is 1.50. The highest BCUT2D eigenvalue weighted by molar-refractivity contribution is 5.63. The number of rotatable bonds is 1. The first-order valence-corrected chi connectivity index (χ1v) is 3.65. The molecule has 0 bridgehead atoms. The van der Waals surface area contributed by atoms with Crippen molar-refractivity contribution in [2.75, 3.05) is 7.11 Å². The zero-order chi connectivity index (χ0) is 9.84. The van der Waals surface area contributed by atoms with Gasteiger partial charge in [0.25, 0.3) is 0 Å². The Bertz CT molecular complexity index is 323. The summed E-state index contributed by atoms with van der Waals surface area (Å²) < 4.78 is 21.7. The molecule has 0 radical (unpaired) electrons. The van der Waals surface area contributed by atoms with E-state index in [0.29, 0.717) is 5.56 Å². The molecule has 1 aromatic carbocycles. The number of methoxy groups -OCH3 is 1. The van der Waals surface area contributed by atoms with E-state index in [2.05, 4.69) is 9.47 Å². The van der Waals surface area contributed by atoms with Crippen molar-refractivity contribution < 1.29 is 18.7 Å². The van der Waals surface area contributed by atoms with Crippen LogP contribution in [-0.4, -0.2) is 13.3 Å². The van der Waals surface area contributed by atoms with Gasteiger partial charge in [-0.3, -0.25) is 0 Å². The van der Waals surface area contributed by atoms with Crippen LogP contribution in [0, 0.1) is 12.7 Å². The lowest BCUT2D eigenvalue weighted by molar-refractivity contribution is 0.121. The number of hydrogen-bond donors (Lipinski definition) is 0. The average molecular weight is 184 g/mol. The quantitative estimate of drug-likeness (QED) is 0.496. The maximum Gasteiger partial charge on any atom is 0.513 e. The normalized spacial score (nSPS) is 9.46. The molecule has 0 amide bonds. The fourth-order valence-corrected chi connectivity index (χ4v) is 0.819. The summed E-state index contributed by atoms with van der Waals surface area (Å²) in [5.74, 6) is -0.0667. The highest BCUT2D eigenvalue weighted by Crippen LogP contribution is 2.16. The van der Waals surface area contributed by atoms with E-state index in [4.69, 9.17) is 0 Å². The van der Waals surface area contributed by atoms with Crippen LogP contribution < -0.4 is 4.74 Å². The van der Waals surface area contributed by atoms with Gasteiger partial charge in [0.05, 0.1) is 7.11 Å². The molecule has 0 saturated carbocycles. The predicted molar refractivity (Wildman–Crippen MR) is 44.2 cm³/mol. The van der Waals surface area contributed by atoms with Crippen LogP contribution >= 0.6 is 0 Å². The SMILES string of the molecule is COC(=O)Oc1ccc(F)c(C)c1. The molecule has 0 aliphatic carbocycles. The average Bonchev–Trinajstić information content (AvgIpc) is 2.11. The number of benzene rings is 1. The van der Waals surface area contributed by atoms with E-state index < -0.39 is 6.16 Å². The van der Waals surface area contributed by atoms with Gasteiger partial charge in [0.15, 0.2) is 0 Å². The molecular formula is C9H9FO3. The van der Waals surface area contributed by atoms with Gasteiger partial charge < -0.3 is 9.47 Å². The van der Waals surface area contributed by atoms with Gasteiger partial charge in [-0.15, -0.1) is 0 Å². The van der Waals surface area contributed by atoms with Crippen molar-refractivity contribution in [3.05, 3.63) is 29.6 Å². The third-order valence-electron chi connectivity index (χ3n) is 1.50. The van der Waals surface area contributed by atoms with Crippen LogP contribution in [0.2, 0.25) is 0 Å². The van der Waals surface area contributed by atoms with Gasteiger partial charge in [-0.05, 0) is 30.7 Å². The van der Waals surface area contributed by atoms with E-state index in [1.807, 2.05) is 0 Å². The number of aryl methyl sites for hydroxylation is 1. The minimum atomic E-state index is -0.814. The molecule has 0 aromatic heterocycles. The van der Waals surface area contributed by atoms with E-state index in [9.17, 15) is 9.18 Å². The van der Waals surface area contributed by atoms with Crippen molar-refractivity contribution in [1.82, 2.24) is 0 Å². The summed E-state index contributed by atoms with van der Waals surface area (Å²) in [6, 6.07) is 4.01. The lowest BCUT2D eigenvalue weighted by Gasteiger charge is -2.03. The van der Waals surface area contributed by atoms with Crippen molar-refractivity contribution in [2.24, 2.45) is 0 Å². The molecule has 0 spiro atoms. The first-order valence-electron chi connectivity index (χ1n) is 3.65. The second-order valence-electron chi connectivity index (χ2n) is 2.47. The smallest absolute Gasteiger partial charge is 0.437 e. The molecule has 0 aliphatic heterocycles. The molecular weight excluding hydrogens is 175 g/mol. The van der Waals surface area contributed by atoms with Gasteiger partial charge in [0.1, 0.15) is 11.6 Å². The van der Waals surface area contributed by atoms with E-state index >= 15 is 0 Å². The number of carbonyl (C=O) groups excluding carboxylic acids is 1. The molecule has 13 heavy (non-hydrogen) atoms. The van der Waals surface area contributed by atoms with Crippen molar-refractivity contribution in [3.8, 4) is 5.75 Å². The second-order valence-corrected chi connectivity index (χ2v) is 2.47. The fraction of sp³-hybridized carbons (Fsp3) is 0.222. The van der Waals surface area contributed by atoms with E-state index in [-0.39, 0.29) is 11.6 Å². The molecule has 0 saturated heterocycles. The molecule has 0 N–H and O–H groups in total. The molecule has 0 unspecified atom stereocenters. The molecule has 0 heterocycles. The molecule has 0 fully saturated rings. The Balaban J connectivity index is 2.79. The molecule has 4 heteroatoms. The van der Waals surface area contributed by atoms with E-state index in [1.54, 1.807) is 6.92 Å². The van der Waals surface area contributed by atoms with Gasteiger partial charge in [-0.25, -0.2) is 9.18 Å². The van der Waals surface area contributed by atoms with Crippen LogP contribution in [0.15, 0.2) is 18.2 Å². The van der Waals surface area contributed by atoms with E-state index in [0.717, 1.165) is 0 Å². The zero-order valence-corrected chi connectivity index (χ0v) is 7.33. The topological polar surface area (TPSA) is 35.5 Å². The van der Waals surface area contributed by atoms with Crippen molar-refractivity contribution >= 4 is 6.16 Å². The first-order chi connectivity index (χ1) is 6.13. The number of ether oxygens (including phenoxy) is 2. The standard InChI is InChI=1S/C9H9FO3/c1-6-5-7(3-4-8(6)10)13-9(11)12-2/h3-5H,1-2H3. The minimum absolute atomic E-state index is 0.269. The Kier molecular flexibility index (Phi) is 2.84. The summed E-state index contributed by atoms with van der Waals surface area (Å²) in [5, 5.41) is 0.